The number of piperidine rings is 1. The van der Waals surface area contributed by atoms with Crippen LogP contribution in [0.3, 0.4) is 0 Å². The summed E-state index contributed by atoms with van der Waals surface area (Å²) in [5.41, 5.74) is 2.60. The van der Waals surface area contributed by atoms with Crippen LogP contribution in [0.25, 0.3) is 0 Å². The van der Waals surface area contributed by atoms with Crippen LogP contribution in [-0.4, -0.2) is 38.8 Å². The molecule has 0 bridgehead atoms. The van der Waals surface area contributed by atoms with E-state index in [1.54, 1.807) is 36.9 Å². The minimum absolute atomic E-state index is 0.0120. The zero-order valence-corrected chi connectivity index (χ0v) is 15.8. The van der Waals surface area contributed by atoms with E-state index >= 15 is 0 Å². The molecule has 1 amide bonds. The van der Waals surface area contributed by atoms with Crippen LogP contribution in [-0.2, 0) is 0 Å². The lowest BCUT2D eigenvalue weighted by molar-refractivity contribution is 0.0705. The first-order valence-electron chi connectivity index (χ1n) is 9.45. The predicted molar refractivity (Wildman–Crippen MR) is 105 cm³/mol. The largest absolute Gasteiger partial charge is 0.437 e. The van der Waals surface area contributed by atoms with Crippen molar-refractivity contribution < 1.29 is 9.53 Å². The summed E-state index contributed by atoms with van der Waals surface area (Å²) < 4.78 is 5.87. The average molecular weight is 374 g/mol. The van der Waals surface area contributed by atoms with Crippen molar-refractivity contribution in [2.75, 3.05) is 13.1 Å². The maximum atomic E-state index is 12.7. The van der Waals surface area contributed by atoms with Crippen molar-refractivity contribution in [3.63, 3.8) is 0 Å². The third-order valence-corrected chi connectivity index (χ3v) is 4.88. The summed E-state index contributed by atoms with van der Waals surface area (Å²) in [6.45, 7) is 3.39. The molecule has 1 atom stereocenters. The molecule has 6 nitrogen and oxygen atoms in total. The van der Waals surface area contributed by atoms with Gasteiger partial charge in [-0.3, -0.25) is 14.8 Å². The molecule has 1 aromatic carbocycles. The van der Waals surface area contributed by atoms with Crippen LogP contribution < -0.4 is 4.74 Å². The van der Waals surface area contributed by atoms with Crippen molar-refractivity contribution in [3.05, 3.63) is 78.0 Å². The molecule has 0 radical (unpaired) electrons. The van der Waals surface area contributed by atoms with E-state index in [1.807, 2.05) is 36.1 Å². The number of aryl methyl sites for hydroxylation is 1. The average Bonchev–Trinajstić information content (AvgIpc) is 2.74. The number of nitrogens with zero attached hydrogens (tertiary/aromatic N) is 4. The number of carbonyl (C=O) groups excluding carboxylic acids is 1. The minimum atomic E-state index is 0.0120. The van der Waals surface area contributed by atoms with E-state index in [1.165, 1.54) is 0 Å². The Balaban J connectivity index is 1.48. The Kier molecular flexibility index (Phi) is 5.28. The Morgan fingerprint density at radius 1 is 1.14 bits per heavy atom. The number of carbonyl (C=O) groups is 1. The van der Waals surface area contributed by atoms with Gasteiger partial charge in [0.1, 0.15) is 5.75 Å². The van der Waals surface area contributed by atoms with Crippen molar-refractivity contribution in [3.8, 4) is 11.6 Å². The quantitative estimate of drug-likeness (QED) is 0.691. The number of aromatic nitrogens is 3. The molecule has 28 heavy (non-hydrogen) atoms. The van der Waals surface area contributed by atoms with Gasteiger partial charge in [-0.1, -0.05) is 12.1 Å². The highest BCUT2D eigenvalue weighted by Crippen LogP contribution is 2.28. The van der Waals surface area contributed by atoms with Gasteiger partial charge in [-0.2, -0.15) is 0 Å². The first-order valence-corrected chi connectivity index (χ1v) is 9.45. The molecule has 4 rings (SSSR count). The SMILES string of the molecule is Cc1cccc(Oc2cncc(C3CCCN(C(=O)c4cccnc4)C3)n2)c1. The molecule has 2 aromatic heterocycles. The van der Waals surface area contributed by atoms with Gasteiger partial charge < -0.3 is 9.64 Å². The van der Waals surface area contributed by atoms with Gasteiger partial charge in [0, 0.05) is 37.6 Å². The van der Waals surface area contributed by atoms with Gasteiger partial charge >= 0.3 is 0 Å². The number of pyridine rings is 1. The monoisotopic (exact) mass is 374 g/mol. The Morgan fingerprint density at radius 2 is 2.07 bits per heavy atom. The molecule has 3 heterocycles. The van der Waals surface area contributed by atoms with Crippen molar-refractivity contribution in [1.29, 1.82) is 0 Å². The summed E-state index contributed by atoms with van der Waals surface area (Å²) >= 11 is 0. The first kappa shape index (κ1) is 18.1. The maximum Gasteiger partial charge on any atom is 0.255 e. The smallest absolute Gasteiger partial charge is 0.255 e. The molecule has 3 aromatic rings. The number of ether oxygens (including phenoxy) is 1. The van der Waals surface area contributed by atoms with Crippen LogP contribution >= 0.6 is 0 Å². The summed E-state index contributed by atoms with van der Waals surface area (Å²) in [5, 5.41) is 0. The minimum Gasteiger partial charge on any atom is -0.437 e. The Morgan fingerprint density at radius 3 is 2.89 bits per heavy atom. The Bertz CT molecular complexity index is 962. The molecule has 1 unspecified atom stereocenters. The first-order chi connectivity index (χ1) is 13.7. The van der Waals surface area contributed by atoms with E-state index in [0.717, 1.165) is 36.4 Å². The van der Waals surface area contributed by atoms with Gasteiger partial charge in [0.05, 0.1) is 17.5 Å². The van der Waals surface area contributed by atoms with E-state index in [0.29, 0.717) is 18.0 Å². The summed E-state index contributed by atoms with van der Waals surface area (Å²) in [6.07, 6.45) is 8.58. The van der Waals surface area contributed by atoms with Crippen molar-refractivity contribution in [2.24, 2.45) is 0 Å². The maximum absolute atomic E-state index is 12.7. The number of likely N-dealkylation sites (tertiary alicyclic amines) is 1. The standard InChI is InChI=1S/C22H22N4O2/c1-16-5-2-8-19(11-16)28-21-14-24-13-20(25-21)18-7-4-10-26(15-18)22(27)17-6-3-9-23-12-17/h2-3,5-6,8-9,11-14,18H,4,7,10,15H2,1H3. The normalized spacial score (nSPS) is 16.6. The summed E-state index contributed by atoms with van der Waals surface area (Å²) in [5.74, 6) is 1.36. The molecule has 1 aliphatic rings. The van der Waals surface area contributed by atoms with Crippen LogP contribution in [0.4, 0.5) is 0 Å². The van der Waals surface area contributed by atoms with Crippen molar-refractivity contribution >= 4 is 5.91 Å². The van der Waals surface area contributed by atoms with Crippen LogP contribution in [0, 0.1) is 6.92 Å². The van der Waals surface area contributed by atoms with Gasteiger partial charge in [-0.05, 0) is 49.6 Å². The van der Waals surface area contributed by atoms with E-state index in [-0.39, 0.29) is 11.8 Å². The number of rotatable bonds is 4. The molecule has 0 spiro atoms. The molecule has 0 N–H and O–H groups in total. The zero-order valence-electron chi connectivity index (χ0n) is 15.8. The van der Waals surface area contributed by atoms with Gasteiger partial charge in [0.2, 0.25) is 5.88 Å². The summed E-state index contributed by atoms with van der Waals surface area (Å²) in [6, 6.07) is 11.4. The molecule has 1 aliphatic heterocycles. The number of hydrogen-bond acceptors (Lipinski definition) is 5. The second-order valence-corrected chi connectivity index (χ2v) is 7.03. The molecule has 0 aliphatic carbocycles. The molecule has 0 saturated carbocycles. The Labute approximate surface area is 164 Å². The third kappa shape index (κ3) is 4.17. The van der Waals surface area contributed by atoms with Crippen LogP contribution in [0.1, 0.15) is 40.4 Å². The van der Waals surface area contributed by atoms with Crippen molar-refractivity contribution in [2.45, 2.75) is 25.7 Å². The molecule has 6 heteroatoms. The molecular formula is C22H22N4O2. The highest BCUT2D eigenvalue weighted by atomic mass is 16.5. The van der Waals surface area contributed by atoms with Crippen LogP contribution in [0.5, 0.6) is 11.6 Å². The fourth-order valence-corrected chi connectivity index (χ4v) is 3.48. The van der Waals surface area contributed by atoms with Gasteiger partial charge in [-0.15, -0.1) is 0 Å². The lowest BCUT2D eigenvalue weighted by atomic mass is 9.94. The van der Waals surface area contributed by atoms with E-state index in [2.05, 4.69) is 15.0 Å². The Hall–Kier alpha value is -3.28. The molecular weight excluding hydrogens is 352 g/mol. The molecule has 1 fully saturated rings. The van der Waals surface area contributed by atoms with Gasteiger partial charge in [0.25, 0.3) is 5.91 Å². The lowest BCUT2D eigenvalue weighted by Gasteiger charge is -2.32. The molecule has 142 valence electrons. The number of amides is 1. The van der Waals surface area contributed by atoms with E-state index < -0.39 is 0 Å². The van der Waals surface area contributed by atoms with Crippen molar-refractivity contribution in [1.82, 2.24) is 19.9 Å². The highest BCUT2D eigenvalue weighted by molar-refractivity contribution is 5.94. The molecule has 1 saturated heterocycles. The zero-order chi connectivity index (χ0) is 19.3. The highest BCUT2D eigenvalue weighted by Gasteiger charge is 2.27. The van der Waals surface area contributed by atoms with Crippen LogP contribution in [0.15, 0.2) is 61.2 Å². The van der Waals surface area contributed by atoms with Gasteiger partial charge in [-0.25, -0.2) is 4.98 Å². The fraction of sp³-hybridized carbons (Fsp3) is 0.273. The predicted octanol–water partition coefficient (Wildman–Crippen LogP) is 3.99. The second kappa shape index (κ2) is 8.17. The number of hydrogen-bond donors (Lipinski definition) is 0. The fourth-order valence-electron chi connectivity index (χ4n) is 3.48. The summed E-state index contributed by atoms with van der Waals surface area (Å²) in [4.78, 5) is 27.6. The third-order valence-electron chi connectivity index (χ3n) is 4.88. The summed E-state index contributed by atoms with van der Waals surface area (Å²) in [7, 11) is 0. The lowest BCUT2D eigenvalue weighted by Crippen LogP contribution is -2.39. The van der Waals surface area contributed by atoms with Gasteiger partial charge in [0.15, 0.2) is 0 Å². The van der Waals surface area contributed by atoms with E-state index in [9.17, 15) is 4.79 Å². The number of benzene rings is 1. The van der Waals surface area contributed by atoms with Crippen LogP contribution in [0.2, 0.25) is 0 Å². The second-order valence-electron chi connectivity index (χ2n) is 7.03. The topological polar surface area (TPSA) is 68.2 Å². The van der Waals surface area contributed by atoms with E-state index in [4.69, 9.17) is 4.74 Å².